The zero-order valence-corrected chi connectivity index (χ0v) is 21.1. The van der Waals surface area contributed by atoms with E-state index in [0.717, 1.165) is 49.3 Å². The second-order valence-electron chi connectivity index (χ2n) is 11.6. The molecular formula is C24H45N7OS. The van der Waals surface area contributed by atoms with E-state index in [-0.39, 0.29) is 18.0 Å². The Morgan fingerprint density at radius 1 is 0.879 bits per heavy atom. The highest BCUT2D eigenvalue weighted by Crippen LogP contribution is 2.48. The van der Waals surface area contributed by atoms with Crippen LogP contribution in [0.5, 0.6) is 0 Å². The van der Waals surface area contributed by atoms with Crippen LogP contribution in [0.15, 0.2) is 0 Å². The predicted molar refractivity (Wildman–Crippen MR) is 133 cm³/mol. The summed E-state index contributed by atoms with van der Waals surface area (Å²) in [5, 5.41) is 11.6. The van der Waals surface area contributed by atoms with Crippen molar-refractivity contribution in [1.29, 1.82) is 0 Å². The fourth-order valence-corrected chi connectivity index (χ4v) is 8.93. The van der Waals surface area contributed by atoms with Gasteiger partial charge in [-0.3, -0.25) is 16.0 Å². The largest absolute Gasteiger partial charge is 0.362 e. The Bertz CT molecular complexity index is 658. The molecule has 6 rings (SSSR count). The van der Waals surface area contributed by atoms with Gasteiger partial charge in [-0.1, -0.05) is 12.8 Å². The second-order valence-corrected chi connectivity index (χ2v) is 12.8. The monoisotopic (exact) mass is 479 g/mol. The molecule has 9 unspecified atom stereocenters. The Morgan fingerprint density at radius 3 is 2.79 bits per heavy atom. The fourth-order valence-electron chi connectivity index (χ4n) is 7.80. The molecule has 4 saturated heterocycles. The zero-order valence-electron chi connectivity index (χ0n) is 20.3. The summed E-state index contributed by atoms with van der Waals surface area (Å²) >= 11 is 1.94. The molecule has 6 bridgehead atoms. The molecule has 10 atom stereocenters. The van der Waals surface area contributed by atoms with Crippen LogP contribution in [0.4, 0.5) is 0 Å². The SMILES string of the molecule is CN1CCOC2CC(CCN2)C2CCC3CCCC3C2NC2NNC(N2)SN2CC[C@@H](C1)C2. The summed E-state index contributed by atoms with van der Waals surface area (Å²) in [6, 6.07) is 0.603. The number of hydrazine groups is 1. The van der Waals surface area contributed by atoms with Crippen LogP contribution in [0.25, 0.3) is 0 Å². The molecule has 8 nitrogen and oxygen atoms in total. The van der Waals surface area contributed by atoms with Crippen LogP contribution in [-0.4, -0.2) is 79.6 Å². The molecule has 4 aliphatic heterocycles. The lowest BCUT2D eigenvalue weighted by Crippen LogP contribution is -2.59. The first-order valence-electron chi connectivity index (χ1n) is 13.7. The average Bonchev–Trinajstić information content (AvgIpc) is 3.56. The number of ether oxygens (including phenoxy) is 1. The third-order valence-corrected chi connectivity index (χ3v) is 10.5. The molecule has 0 aromatic carbocycles. The van der Waals surface area contributed by atoms with E-state index >= 15 is 0 Å². The molecule has 4 heterocycles. The molecule has 0 radical (unpaired) electrons. The quantitative estimate of drug-likeness (QED) is 0.331. The summed E-state index contributed by atoms with van der Waals surface area (Å²) in [5.74, 6) is 4.04. The minimum absolute atomic E-state index is 0.145. The highest BCUT2D eigenvalue weighted by atomic mass is 32.2. The van der Waals surface area contributed by atoms with Crippen LogP contribution in [0.1, 0.15) is 51.4 Å². The third-order valence-electron chi connectivity index (χ3n) is 9.42. The van der Waals surface area contributed by atoms with E-state index in [1.165, 1.54) is 71.0 Å². The number of hydrogen-bond donors (Lipinski definition) is 5. The van der Waals surface area contributed by atoms with E-state index in [2.05, 4.69) is 43.1 Å². The Balaban J connectivity index is 1.19. The van der Waals surface area contributed by atoms with Crippen LogP contribution in [0, 0.1) is 29.6 Å². The van der Waals surface area contributed by atoms with Gasteiger partial charge in [-0.2, -0.15) is 0 Å². The molecule has 6 fully saturated rings. The summed E-state index contributed by atoms with van der Waals surface area (Å²) in [4.78, 5) is 2.48. The second kappa shape index (κ2) is 10.6. The van der Waals surface area contributed by atoms with Gasteiger partial charge < -0.3 is 9.64 Å². The highest BCUT2D eigenvalue weighted by molar-refractivity contribution is 7.97. The molecular weight excluding hydrogens is 434 g/mol. The maximum absolute atomic E-state index is 6.40. The Morgan fingerprint density at radius 2 is 1.82 bits per heavy atom. The molecule has 9 heteroatoms. The number of nitrogens with zero attached hydrogens (tertiary/aromatic N) is 2. The molecule has 5 N–H and O–H groups in total. The van der Waals surface area contributed by atoms with Gasteiger partial charge in [0.05, 0.1) is 6.61 Å². The normalized spacial score (nSPS) is 49.7. The molecule has 33 heavy (non-hydrogen) atoms. The number of hydrogen-bond acceptors (Lipinski definition) is 9. The Kier molecular flexibility index (Phi) is 7.50. The van der Waals surface area contributed by atoms with E-state index in [0.29, 0.717) is 6.04 Å². The standard InChI is InChI=1S/C24H45N7OS/c1-30-11-12-32-21-13-18(7-9-25-21)20-6-5-17-3-2-4-19(17)22(20)26-23-27-24(29-28-23)33-31-10-8-16(14-30)15-31/h16-29H,2-15H2,1H3/t16-,17?,18?,19?,20?,21?,22?,23?,24?/m0/s1. The minimum atomic E-state index is 0.145. The van der Waals surface area contributed by atoms with Crippen molar-refractivity contribution >= 4 is 11.9 Å². The van der Waals surface area contributed by atoms with Crippen molar-refractivity contribution in [1.82, 2.24) is 36.0 Å². The smallest absolute Gasteiger partial charge is 0.135 e. The maximum Gasteiger partial charge on any atom is 0.135 e. The van der Waals surface area contributed by atoms with Gasteiger partial charge in [0.2, 0.25) is 0 Å². The first kappa shape index (κ1) is 23.4. The summed E-state index contributed by atoms with van der Waals surface area (Å²) < 4.78 is 8.95. The lowest BCUT2D eigenvalue weighted by Gasteiger charge is -2.47. The molecule has 2 saturated carbocycles. The van der Waals surface area contributed by atoms with Gasteiger partial charge in [0.15, 0.2) is 0 Å². The fraction of sp³-hybridized carbons (Fsp3) is 1.00. The summed E-state index contributed by atoms with van der Waals surface area (Å²) in [6.07, 6.45) is 11.2. The van der Waals surface area contributed by atoms with Crippen LogP contribution in [-0.2, 0) is 4.74 Å². The molecule has 0 amide bonds. The van der Waals surface area contributed by atoms with Crippen LogP contribution in [0.2, 0.25) is 0 Å². The van der Waals surface area contributed by atoms with Crippen LogP contribution >= 0.6 is 11.9 Å². The molecule has 2 aliphatic carbocycles. The average molecular weight is 480 g/mol. The van der Waals surface area contributed by atoms with E-state index in [9.17, 15) is 0 Å². The third kappa shape index (κ3) is 5.42. The van der Waals surface area contributed by atoms with E-state index in [1.54, 1.807) is 0 Å². The van der Waals surface area contributed by atoms with Gasteiger partial charge >= 0.3 is 0 Å². The van der Waals surface area contributed by atoms with Crippen LogP contribution < -0.4 is 26.8 Å². The van der Waals surface area contributed by atoms with Gasteiger partial charge in [-0.15, -0.1) is 0 Å². The van der Waals surface area contributed by atoms with E-state index in [1.807, 2.05) is 11.9 Å². The topological polar surface area (TPSA) is 75.9 Å². The predicted octanol–water partition coefficient (Wildman–Crippen LogP) is 1.29. The van der Waals surface area contributed by atoms with Gasteiger partial charge in [0.25, 0.3) is 0 Å². The Labute approximate surface area is 204 Å². The van der Waals surface area contributed by atoms with Crippen molar-refractivity contribution in [2.45, 2.75) is 75.4 Å². The number of likely N-dealkylation sites (N-methyl/N-ethyl adjacent to an activating group) is 1. The zero-order chi connectivity index (χ0) is 22.2. The molecule has 188 valence electrons. The number of nitrogens with one attached hydrogen (secondary N) is 5. The van der Waals surface area contributed by atoms with Crippen molar-refractivity contribution in [2.75, 3.05) is 46.4 Å². The first-order chi connectivity index (χ1) is 16.2. The lowest BCUT2D eigenvalue weighted by molar-refractivity contribution is -0.0314. The molecule has 0 spiro atoms. The molecule has 0 aromatic heterocycles. The maximum atomic E-state index is 6.40. The van der Waals surface area contributed by atoms with Crippen molar-refractivity contribution < 1.29 is 4.74 Å². The number of rotatable bonds is 0. The van der Waals surface area contributed by atoms with E-state index < -0.39 is 0 Å². The lowest BCUT2D eigenvalue weighted by atomic mass is 9.65. The highest BCUT2D eigenvalue weighted by Gasteiger charge is 2.46. The first-order valence-corrected chi connectivity index (χ1v) is 14.5. The number of fused-ring (bicyclic) bond motifs is 10. The van der Waals surface area contributed by atoms with Gasteiger partial charge in [0, 0.05) is 32.2 Å². The molecule has 6 aliphatic rings. The van der Waals surface area contributed by atoms with Crippen molar-refractivity contribution in [3.8, 4) is 0 Å². The van der Waals surface area contributed by atoms with Crippen molar-refractivity contribution in [2.24, 2.45) is 29.6 Å². The van der Waals surface area contributed by atoms with Crippen LogP contribution in [0.3, 0.4) is 0 Å². The van der Waals surface area contributed by atoms with Gasteiger partial charge in [-0.25, -0.2) is 15.2 Å². The molecule has 0 aromatic rings. The summed E-state index contributed by atoms with van der Waals surface area (Å²) in [5.41, 5.74) is 7.29. The Hall–Kier alpha value is 0.0300. The van der Waals surface area contributed by atoms with Gasteiger partial charge in [0.1, 0.15) is 18.0 Å². The van der Waals surface area contributed by atoms with Crippen molar-refractivity contribution in [3.63, 3.8) is 0 Å². The summed E-state index contributed by atoms with van der Waals surface area (Å²) in [6.45, 7) is 6.49. The van der Waals surface area contributed by atoms with E-state index in [4.69, 9.17) is 4.74 Å². The minimum Gasteiger partial charge on any atom is -0.362 e. The van der Waals surface area contributed by atoms with Gasteiger partial charge in [-0.05, 0) is 93.7 Å². The van der Waals surface area contributed by atoms with Crippen molar-refractivity contribution in [3.05, 3.63) is 0 Å². The number of piperidine rings is 1. The summed E-state index contributed by atoms with van der Waals surface area (Å²) in [7, 11) is 2.26.